The van der Waals surface area contributed by atoms with E-state index in [0.29, 0.717) is 23.8 Å². The molecule has 0 radical (unpaired) electrons. The topological polar surface area (TPSA) is 63.5 Å². The van der Waals surface area contributed by atoms with Crippen LogP contribution in [0, 0.1) is 11.8 Å². The number of piperidine rings is 1. The van der Waals surface area contributed by atoms with Gasteiger partial charge in [-0.15, -0.1) is 5.10 Å². The first kappa shape index (κ1) is 16.4. The van der Waals surface area contributed by atoms with Crippen LogP contribution in [0.5, 0.6) is 5.75 Å². The third-order valence-corrected chi connectivity index (χ3v) is 5.12. The predicted molar refractivity (Wildman–Crippen MR) is 85.6 cm³/mol. The van der Waals surface area contributed by atoms with Gasteiger partial charge in [-0.3, -0.25) is 0 Å². The first-order valence-electron chi connectivity index (χ1n) is 8.48. The lowest BCUT2D eigenvalue weighted by molar-refractivity contribution is -0.189. The fraction of sp³-hybridized carbons (Fsp3) is 0.625. The Morgan fingerprint density at radius 1 is 1.32 bits per heavy atom. The van der Waals surface area contributed by atoms with Crippen molar-refractivity contribution in [2.45, 2.75) is 38.1 Å². The Kier molecular flexibility index (Phi) is 3.98. The second kappa shape index (κ2) is 6.05. The van der Waals surface area contributed by atoms with Crippen LogP contribution < -0.4 is 15.4 Å². The summed E-state index contributed by atoms with van der Waals surface area (Å²) in [6, 6.07) is 3.37. The number of anilines is 1. The van der Waals surface area contributed by atoms with Crippen molar-refractivity contribution >= 4 is 11.6 Å². The number of aromatic nitrogens is 3. The average molecular weight is 355 g/mol. The summed E-state index contributed by atoms with van der Waals surface area (Å²) in [4.78, 5) is 4.37. The lowest BCUT2D eigenvalue weighted by atomic mass is 9.94. The van der Waals surface area contributed by atoms with E-state index in [4.69, 9.17) is 4.74 Å². The number of fused-ring (bicyclic) bond motifs is 3. The molecule has 1 saturated heterocycles. The highest BCUT2D eigenvalue weighted by molar-refractivity contribution is 5.56. The molecule has 2 aromatic heterocycles. The molecule has 1 aliphatic heterocycles. The van der Waals surface area contributed by atoms with E-state index in [1.807, 2.05) is 0 Å². The summed E-state index contributed by atoms with van der Waals surface area (Å²) in [5.74, 6) is 1.57. The maximum absolute atomic E-state index is 12.8. The van der Waals surface area contributed by atoms with Gasteiger partial charge in [0.05, 0.1) is 0 Å². The number of nitrogens with zero attached hydrogens (tertiary/aromatic N) is 3. The van der Waals surface area contributed by atoms with E-state index in [9.17, 15) is 13.2 Å². The van der Waals surface area contributed by atoms with Gasteiger partial charge in [-0.25, -0.2) is 4.52 Å². The van der Waals surface area contributed by atoms with Gasteiger partial charge < -0.3 is 15.4 Å². The summed E-state index contributed by atoms with van der Waals surface area (Å²) in [5.41, 5.74) is 0.280. The van der Waals surface area contributed by atoms with Gasteiger partial charge in [0.2, 0.25) is 5.95 Å². The number of hydrogen-bond donors (Lipinski definition) is 2. The van der Waals surface area contributed by atoms with Crippen LogP contribution in [-0.2, 0) is 0 Å². The number of rotatable bonds is 4. The average Bonchev–Trinajstić information content (AvgIpc) is 3.04. The Hall–Kier alpha value is -2.03. The maximum Gasteiger partial charge on any atom is 0.425 e. The lowest BCUT2D eigenvalue weighted by Crippen LogP contribution is -2.45. The van der Waals surface area contributed by atoms with Gasteiger partial charge in [-0.1, -0.05) is 0 Å². The molecule has 1 aliphatic carbocycles. The van der Waals surface area contributed by atoms with Gasteiger partial charge in [-0.2, -0.15) is 18.2 Å². The maximum atomic E-state index is 12.8. The molecule has 3 atom stereocenters. The zero-order valence-electron chi connectivity index (χ0n) is 13.8. The van der Waals surface area contributed by atoms with Crippen LogP contribution in [-0.4, -0.2) is 46.0 Å². The normalized spacial score (nSPS) is 27.4. The summed E-state index contributed by atoms with van der Waals surface area (Å²) in [6.07, 6.45) is -2.36. The van der Waals surface area contributed by atoms with E-state index in [1.54, 1.807) is 12.3 Å². The fourth-order valence-electron chi connectivity index (χ4n) is 3.76. The lowest BCUT2D eigenvalue weighted by Gasteiger charge is -2.30. The van der Waals surface area contributed by atoms with Gasteiger partial charge in [0.25, 0.3) is 0 Å². The molecule has 0 amide bonds. The summed E-state index contributed by atoms with van der Waals surface area (Å²) in [5, 5.41) is 11.2. The minimum Gasteiger partial charge on any atom is -0.477 e. The molecular weight excluding hydrogens is 335 g/mol. The Bertz CT molecular complexity index is 746. The van der Waals surface area contributed by atoms with Crippen molar-refractivity contribution in [1.29, 1.82) is 0 Å². The molecule has 2 bridgehead atoms. The van der Waals surface area contributed by atoms with Gasteiger partial charge in [0.1, 0.15) is 0 Å². The second-order valence-electron chi connectivity index (χ2n) is 6.80. The predicted octanol–water partition coefficient (Wildman–Crippen LogP) is 2.47. The zero-order valence-corrected chi connectivity index (χ0v) is 13.8. The molecule has 1 saturated carbocycles. The molecule has 2 aliphatic rings. The van der Waals surface area contributed by atoms with Gasteiger partial charge >= 0.3 is 6.18 Å². The molecule has 3 heterocycles. The van der Waals surface area contributed by atoms with E-state index in [1.165, 1.54) is 23.4 Å². The quantitative estimate of drug-likeness (QED) is 0.882. The summed E-state index contributed by atoms with van der Waals surface area (Å²) < 4.78 is 44.8. The van der Waals surface area contributed by atoms with E-state index >= 15 is 0 Å². The molecule has 25 heavy (non-hydrogen) atoms. The van der Waals surface area contributed by atoms with Crippen molar-refractivity contribution in [3.05, 3.63) is 18.3 Å². The summed E-state index contributed by atoms with van der Waals surface area (Å²) in [6.45, 7) is 2.92. The zero-order chi connectivity index (χ0) is 17.6. The Balaban J connectivity index is 1.57. The highest BCUT2D eigenvalue weighted by atomic mass is 19.4. The molecule has 4 rings (SSSR count). The molecule has 0 spiro atoms. The van der Waals surface area contributed by atoms with Crippen molar-refractivity contribution < 1.29 is 17.9 Å². The van der Waals surface area contributed by atoms with Crippen LogP contribution >= 0.6 is 0 Å². The third-order valence-electron chi connectivity index (χ3n) is 5.12. The number of halogens is 3. The van der Waals surface area contributed by atoms with E-state index in [2.05, 4.69) is 20.7 Å². The molecule has 2 fully saturated rings. The van der Waals surface area contributed by atoms with Crippen LogP contribution in [0.3, 0.4) is 0 Å². The summed E-state index contributed by atoms with van der Waals surface area (Å²) >= 11 is 0. The minimum atomic E-state index is -4.43. The number of alkyl halides is 3. The highest BCUT2D eigenvalue weighted by Gasteiger charge is 2.40. The largest absolute Gasteiger partial charge is 0.477 e. The first-order chi connectivity index (χ1) is 11.9. The molecule has 6 nitrogen and oxygen atoms in total. The van der Waals surface area contributed by atoms with Crippen molar-refractivity contribution in [1.82, 2.24) is 19.9 Å². The molecule has 2 N–H and O–H groups in total. The van der Waals surface area contributed by atoms with Crippen LogP contribution in [0.15, 0.2) is 18.3 Å². The minimum absolute atomic E-state index is 0.0705. The second-order valence-corrected chi connectivity index (χ2v) is 6.80. The molecule has 9 heteroatoms. The van der Waals surface area contributed by atoms with E-state index in [0.717, 1.165) is 20.0 Å². The van der Waals surface area contributed by atoms with Crippen molar-refractivity contribution in [3.8, 4) is 5.75 Å². The Morgan fingerprint density at radius 2 is 2.04 bits per heavy atom. The van der Waals surface area contributed by atoms with Gasteiger partial charge in [-0.05, 0) is 56.8 Å². The Labute approximate surface area is 142 Å². The summed E-state index contributed by atoms with van der Waals surface area (Å²) in [7, 11) is 0. The van der Waals surface area contributed by atoms with Crippen LogP contribution in [0.4, 0.5) is 19.1 Å². The SMILES string of the molecule is CC(Oc1cccn2nc(NC3C4CCC3CNC4)nc12)C(F)(F)F. The molecule has 3 unspecified atom stereocenters. The number of pyridine rings is 1. The first-order valence-corrected chi connectivity index (χ1v) is 8.48. The molecular formula is C16H20F3N5O. The van der Waals surface area contributed by atoms with Crippen molar-refractivity contribution in [2.24, 2.45) is 11.8 Å². The van der Waals surface area contributed by atoms with Crippen molar-refractivity contribution in [3.63, 3.8) is 0 Å². The van der Waals surface area contributed by atoms with Gasteiger partial charge in [0.15, 0.2) is 17.5 Å². The van der Waals surface area contributed by atoms with Crippen LogP contribution in [0.1, 0.15) is 19.8 Å². The monoisotopic (exact) mass is 355 g/mol. The van der Waals surface area contributed by atoms with E-state index < -0.39 is 12.3 Å². The smallest absolute Gasteiger partial charge is 0.425 e. The Morgan fingerprint density at radius 3 is 2.72 bits per heavy atom. The van der Waals surface area contributed by atoms with E-state index in [-0.39, 0.29) is 11.4 Å². The molecule has 2 aromatic rings. The third kappa shape index (κ3) is 3.12. The molecule has 136 valence electrons. The number of hydrogen-bond acceptors (Lipinski definition) is 5. The molecule has 0 aromatic carbocycles. The fourth-order valence-corrected chi connectivity index (χ4v) is 3.76. The van der Waals surface area contributed by atoms with Gasteiger partial charge in [0, 0.05) is 12.2 Å². The van der Waals surface area contributed by atoms with Crippen LogP contribution in [0.2, 0.25) is 0 Å². The number of nitrogens with one attached hydrogen (secondary N) is 2. The van der Waals surface area contributed by atoms with Crippen LogP contribution in [0.25, 0.3) is 5.65 Å². The number of ether oxygens (including phenoxy) is 1. The standard InChI is InChI=1S/C16H20F3N5O/c1-9(16(17,18)19)25-12-3-2-6-24-14(12)22-15(23-24)21-13-10-4-5-11(13)8-20-7-10/h2-3,6,9-11,13,20H,4-5,7-8H2,1H3,(H,21,23). The highest BCUT2D eigenvalue weighted by Crippen LogP contribution is 2.35. The van der Waals surface area contributed by atoms with Crippen molar-refractivity contribution in [2.75, 3.05) is 18.4 Å².